The van der Waals surface area contributed by atoms with Crippen molar-refractivity contribution >= 4 is 69.3 Å². The minimum absolute atomic E-state index is 0.0118. The van der Waals surface area contributed by atoms with Crippen molar-refractivity contribution in [1.82, 2.24) is 0 Å². The minimum Gasteiger partial charge on any atom is -0.506 e. The highest BCUT2D eigenvalue weighted by Crippen LogP contribution is 2.40. The van der Waals surface area contributed by atoms with Crippen LogP contribution in [0.15, 0.2) is 78.5 Å². The van der Waals surface area contributed by atoms with Gasteiger partial charge in [0, 0.05) is 5.56 Å². The second-order valence-electron chi connectivity index (χ2n) is 5.78. The second kappa shape index (κ2) is 8.08. The Labute approximate surface area is 186 Å². The van der Waals surface area contributed by atoms with Gasteiger partial charge in [0.2, 0.25) is 0 Å². The van der Waals surface area contributed by atoms with Crippen molar-refractivity contribution in [3.8, 4) is 5.75 Å². The molecule has 0 aromatic heterocycles. The van der Waals surface area contributed by atoms with Crippen molar-refractivity contribution in [3.63, 3.8) is 0 Å². The number of ketones is 1. The molecule has 0 saturated carbocycles. The molecule has 0 unspecified atom stereocenters. The summed E-state index contributed by atoms with van der Waals surface area (Å²) in [7, 11) is -4.51. The van der Waals surface area contributed by atoms with Gasteiger partial charge in [-0.3, -0.25) is 9.35 Å². The number of allylic oxidation sites excluding steroid dienone is 5. The van der Waals surface area contributed by atoms with Crippen LogP contribution >= 0.6 is 47.8 Å². The highest BCUT2D eigenvalue weighted by Gasteiger charge is 2.23. The van der Waals surface area contributed by atoms with Gasteiger partial charge in [0.05, 0.1) is 13.4 Å². The maximum Gasteiger partial charge on any atom is 0.295 e. The van der Waals surface area contributed by atoms with Gasteiger partial charge in [-0.2, -0.15) is 8.42 Å². The van der Waals surface area contributed by atoms with Crippen LogP contribution in [0.5, 0.6) is 5.75 Å². The lowest BCUT2D eigenvalue weighted by Gasteiger charge is -2.17. The van der Waals surface area contributed by atoms with Crippen LogP contribution < -0.4 is 0 Å². The van der Waals surface area contributed by atoms with Crippen LogP contribution in [0.4, 0.5) is 0 Å². The predicted octanol–water partition coefficient (Wildman–Crippen LogP) is 5.38. The lowest BCUT2D eigenvalue weighted by Crippen LogP contribution is -2.06. The molecule has 1 aliphatic carbocycles. The smallest absolute Gasteiger partial charge is 0.295 e. The first kappa shape index (κ1) is 21.2. The lowest BCUT2D eigenvalue weighted by atomic mass is 9.91. The first-order valence-electron chi connectivity index (χ1n) is 7.68. The third-order valence-corrected chi connectivity index (χ3v) is 6.70. The van der Waals surface area contributed by atoms with Crippen LogP contribution in [0.1, 0.15) is 11.1 Å². The molecule has 3 rings (SSSR count). The van der Waals surface area contributed by atoms with Gasteiger partial charge in [0.1, 0.15) is 10.6 Å². The van der Waals surface area contributed by atoms with Crippen molar-refractivity contribution < 1.29 is 22.9 Å². The largest absolute Gasteiger partial charge is 0.506 e. The van der Waals surface area contributed by atoms with Gasteiger partial charge < -0.3 is 5.11 Å². The van der Waals surface area contributed by atoms with E-state index in [-0.39, 0.29) is 22.0 Å². The summed E-state index contributed by atoms with van der Waals surface area (Å²) in [4.78, 5) is 11.5. The maximum absolute atomic E-state index is 12.0. The summed E-state index contributed by atoms with van der Waals surface area (Å²) in [5.74, 6) is -0.235. The fourth-order valence-corrected chi connectivity index (χ4v) is 5.01. The zero-order chi connectivity index (χ0) is 20.6. The van der Waals surface area contributed by atoms with Crippen molar-refractivity contribution in [2.24, 2.45) is 0 Å². The summed E-state index contributed by atoms with van der Waals surface area (Å²) >= 11 is 9.75. The summed E-state index contributed by atoms with van der Waals surface area (Å²) in [5, 5.41) is 10.0. The molecular weight excluding hydrogens is 580 g/mol. The molecule has 144 valence electrons. The van der Waals surface area contributed by atoms with Gasteiger partial charge >= 0.3 is 0 Å². The third-order valence-electron chi connectivity index (χ3n) is 3.96. The molecule has 0 saturated heterocycles. The molecule has 2 N–H and O–H groups in total. The van der Waals surface area contributed by atoms with Crippen LogP contribution in [0.3, 0.4) is 0 Å². The van der Waals surface area contributed by atoms with Gasteiger partial charge in [0.15, 0.2) is 5.78 Å². The molecule has 0 amide bonds. The molecule has 5 nitrogen and oxygen atoms in total. The molecule has 0 radical (unpaired) electrons. The molecular formula is C19H11Br3O5S. The number of carbonyl (C=O) groups is 1. The number of aromatic hydroxyl groups is 1. The Bertz CT molecular complexity index is 1170. The van der Waals surface area contributed by atoms with E-state index in [0.29, 0.717) is 30.1 Å². The molecule has 2 aromatic carbocycles. The van der Waals surface area contributed by atoms with E-state index in [2.05, 4.69) is 47.8 Å². The Morgan fingerprint density at radius 2 is 1.57 bits per heavy atom. The molecule has 0 spiro atoms. The standard InChI is InChI=1S/C19H11Br3O5S/c20-13-7-10(5-6-16(13)23)18(11-8-14(21)19(24)15(22)9-11)12-3-1-2-4-17(12)28(25,26)27/h1-9,24H,(H,25,26,27). The van der Waals surface area contributed by atoms with Gasteiger partial charge in [-0.25, -0.2) is 0 Å². The zero-order valence-electron chi connectivity index (χ0n) is 13.9. The Hall–Kier alpha value is -1.52. The number of hydrogen-bond acceptors (Lipinski definition) is 4. The number of phenols is 1. The van der Waals surface area contributed by atoms with E-state index in [1.807, 2.05) is 0 Å². The Morgan fingerprint density at radius 3 is 2.14 bits per heavy atom. The fourth-order valence-electron chi connectivity index (χ4n) is 2.74. The number of benzene rings is 2. The fraction of sp³-hybridized carbons (Fsp3) is 0. The van der Waals surface area contributed by atoms with Crippen LogP contribution in [0, 0.1) is 0 Å². The van der Waals surface area contributed by atoms with Crippen molar-refractivity contribution in [3.05, 3.63) is 84.8 Å². The van der Waals surface area contributed by atoms with E-state index >= 15 is 0 Å². The highest BCUT2D eigenvalue weighted by molar-refractivity contribution is 9.12. The van der Waals surface area contributed by atoms with Gasteiger partial charge in [0.25, 0.3) is 10.1 Å². The number of carbonyl (C=O) groups excluding carboxylic acids is 1. The van der Waals surface area contributed by atoms with Crippen LogP contribution in [0.25, 0.3) is 5.57 Å². The summed E-state index contributed by atoms with van der Waals surface area (Å²) in [6.45, 7) is 0. The van der Waals surface area contributed by atoms with Gasteiger partial charge in [-0.1, -0.05) is 24.3 Å². The van der Waals surface area contributed by atoms with Crippen molar-refractivity contribution in [2.75, 3.05) is 0 Å². The summed E-state index contributed by atoms with van der Waals surface area (Å²) < 4.78 is 34.7. The normalized spacial score (nSPS) is 16.1. The SMILES string of the molecule is O=C1C=CC(=C(c2cc(Br)c(O)c(Br)c2)c2ccccc2S(=O)(=O)O)C=C1Br. The van der Waals surface area contributed by atoms with E-state index < -0.39 is 10.1 Å². The van der Waals surface area contributed by atoms with Gasteiger partial charge in [-0.05, 0) is 94.9 Å². The van der Waals surface area contributed by atoms with E-state index in [1.165, 1.54) is 18.2 Å². The first-order valence-corrected chi connectivity index (χ1v) is 11.5. The number of rotatable bonds is 3. The van der Waals surface area contributed by atoms with E-state index in [0.717, 1.165) is 0 Å². The zero-order valence-corrected chi connectivity index (χ0v) is 19.4. The molecule has 0 bridgehead atoms. The maximum atomic E-state index is 12.0. The average Bonchev–Trinajstić information content (AvgIpc) is 2.62. The molecule has 9 heteroatoms. The van der Waals surface area contributed by atoms with E-state index in [1.54, 1.807) is 36.4 Å². The molecule has 0 atom stereocenters. The van der Waals surface area contributed by atoms with Crippen molar-refractivity contribution in [2.45, 2.75) is 4.90 Å². The Kier molecular flexibility index (Phi) is 6.11. The second-order valence-corrected chi connectivity index (χ2v) is 9.73. The number of halogens is 3. The van der Waals surface area contributed by atoms with E-state index in [4.69, 9.17) is 0 Å². The molecule has 2 aromatic rings. The van der Waals surface area contributed by atoms with Crippen molar-refractivity contribution in [1.29, 1.82) is 0 Å². The summed E-state index contributed by atoms with van der Waals surface area (Å²) in [6, 6.07) is 9.25. The van der Waals surface area contributed by atoms with Gasteiger partial charge in [-0.15, -0.1) is 0 Å². The molecule has 0 fully saturated rings. The number of hydrogen-bond donors (Lipinski definition) is 2. The molecule has 0 aliphatic heterocycles. The monoisotopic (exact) mass is 588 g/mol. The van der Waals surface area contributed by atoms with Crippen LogP contribution in [-0.2, 0) is 14.9 Å². The van der Waals surface area contributed by atoms with Crippen LogP contribution in [-0.4, -0.2) is 23.9 Å². The Morgan fingerprint density at radius 1 is 0.964 bits per heavy atom. The number of phenolic OH excluding ortho intramolecular Hbond substituents is 1. The third kappa shape index (κ3) is 4.23. The highest BCUT2D eigenvalue weighted by atomic mass is 79.9. The molecule has 1 aliphatic rings. The van der Waals surface area contributed by atoms with E-state index in [9.17, 15) is 22.9 Å². The molecule has 0 heterocycles. The summed E-state index contributed by atoms with van der Waals surface area (Å²) in [6.07, 6.45) is 4.50. The topological polar surface area (TPSA) is 91.7 Å². The average molecular weight is 591 g/mol. The predicted molar refractivity (Wildman–Crippen MR) is 117 cm³/mol. The Balaban J connectivity index is 2.43. The first-order chi connectivity index (χ1) is 13.1. The minimum atomic E-state index is -4.51. The lowest BCUT2D eigenvalue weighted by molar-refractivity contribution is -0.110. The summed E-state index contributed by atoms with van der Waals surface area (Å²) in [5.41, 5.74) is 1.81. The quantitative estimate of drug-likeness (QED) is 0.468. The molecule has 28 heavy (non-hydrogen) atoms. The van der Waals surface area contributed by atoms with Crippen LogP contribution in [0.2, 0.25) is 0 Å².